The molecule has 0 bridgehead atoms. The minimum Gasteiger partial charge on any atom is -0.304 e. The molecule has 2 aliphatic rings. The number of fused-ring (bicyclic) bond motifs is 2. The van der Waals surface area contributed by atoms with Gasteiger partial charge >= 0.3 is 0 Å². The fraction of sp³-hybridized carbons (Fsp3) is 0.625. The van der Waals surface area contributed by atoms with E-state index in [0.717, 1.165) is 37.4 Å². The fourth-order valence-electron chi connectivity index (χ4n) is 3.64. The quantitative estimate of drug-likeness (QED) is 0.782. The lowest BCUT2D eigenvalue weighted by molar-refractivity contribution is 0.143. The predicted molar refractivity (Wildman–Crippen MR) is 91.8 cm³/mol. The summed E-state index contributed by atoms with van der Waals surface area (Å²) in [7, 11) is 0. The third kappa shape index (κ3) is 2.47. The van der Waals surface area contributed by atoms with Gasteiger partial charge in [0.1, 0.15) is 5.82 Å². The van der Waals surface area contributed by atoms with Crippen LogP contribution in [-0.2, 0) is 26.1 Å². The van der Waals surface area contributed by atoms with Gasteiger partial charge in [-0.1, -0.05) is 6.42 Å². The summed E-state index contributed by atoms with van der Waals surface area (Å²) in [4.78, 5) is 4.05. The van der Waals surface area contributed by atoms with Gasteiger partial charge < -0.3 is 4.57 Å². The second kappa shape index (κ2) is 5.91. The van der Waals surface area contributed by atoms with Gasteiger partial charge in [0, 0.05) is 30.4 Å². The molecule has 0 saturated carbocycles. The second-order valence-corrected chi connectivity index (χ2v) is 7.71. The van der Waals surface area contributed by atoms with Crippen molar-refractivity contribution < 1.29 is 0 Å². The summed E-state index contributed by atoms with van der Waals surface area (Å²) in [6, 6.07) is 2.73. The summed E-state index contributed by atoms with van der Waals surface area (Å²) in [5.74, 6) is 1.18. The van der Waals surface area contributed by atoms with Crippen molar-refractivity contribution in [3.63, 3.8) is 0 Å². The molecule has 0 radical (unpaired) electrons. The van der Waals surface area contributed by atoms with Gasteiger partial charge in [0.25, 0.3) is 0 Å². The van der Waals surface area contributed by atoms with E-state index in [0.29, 0.717) is 6.04 Å². The predicted octanol–water partition coefficient (Wildman–Crippen LogP) is 3.78. The number of aryl methyl sites for hydroxylation is 1. The summed E-state index contributed by atoms with van der Waals surface area (Å²) in [5.41, 5.74) is 1.49. The first-order valence-corrected chi connectivity index (χ1v) is 9.49. The maximum Gasteiger partial charge on any atom is 0.199 e. The van der Waals surface area contributed by atoms with Gasteiger partial charge in [0.15, 0.2) is 4.77 Å². The Bertz CT molecular complexity index is 727. The molecule has 4 heterocycles. The van der Waals surface area contributed by atoms with Crippen LogP contribution in [0.4, 0.5) is 0 Å². The van der Waals surface area contributed by atoms with Crippen molar-refractivity contribution in [2.45, 2.75) is 58.3 Å². The number of thiophene rings is 1. The molecule has 0 N–H and O–H groups in total. The van der Waals surface area contributed by atoms with Crippen LogP contribution >= 0.6 is 23.6 Å². The van der Waals surface area contributed by atoms with Crippen molar-refractivity contribution >= 4 is 23.6 Å². The number of nitrogens with zero attached hydrogens (tertiary/aromatic N) is 4. The molecule has 0 spiro atoms. The fourth-order valence-corrected chi connectivity index (χ4v) is 4.90. The van der Waals surface area contributed by atoms with Gasteiger partial charge in [0.05, 0.1) is 6.67 Å². The molecule has 22 heavy (non-hydrogen) atoms. The van der Waals surface area contributed by atoms with Crippen LogP contribution in [0.15, 0.2) is 11.4 Å². The van der Waals surface area contributed by atoms with Crippen LogP contribution in [0.2, 0.25) is 0 Å². The maximum absolute atomic E-state index is 5.68. The lowest BCUT2D eigenvalue weighted by atomic mass is 10.0. The minimum atomic E-state index is 0.457. The smallest absolute Gasteiger partial charge is 0.199 e. The number of aromatic nitrogens is 3. The van der Waals surface area contributed by atoms with Gasteiger partial charge in [-0.25, -0.2) is 4.68 Å². The van der Waals surface area contributed by atoms with Crippen molar-refractivity contribution in [3.8, 4) is 0 Å². The molecule has 0 fully saturated rings. The third-order valence-corrected chi connectivity index (χ3v) is 6.43. The van der Waals surface area contributed by atoms with Crippen LogP contribution in [0, 0.1) is 4.77 Å². The Kier molecular flexibility index (Phi) is 3.92. The highest BCUT2D eigenvalue weighted by Crippen LogP contribution is 2.33. The van der Waals surface area contributed by atoms with Crippen LogP contribution < -0.4 is 0 Å². The standard InChI is InChI=1S/C16H22N4S2/c1-12-13-7-10-22-14(13)6-9-18(12)11-20-16(21)19-8-4-2-3-5-15(19)17-20/h7,10,12H,2-6,8-9,11H2,1H3/t12-/m0/s1. The summed E-state index contributed by atoms with van der Waals surface area (Å²) in [6.07, 6.45) is 5.98. The van der Waals surface area contributed by atoms with Gasteiger partial charge in [-0.3, -0.25) is 4.90 Å². The van der Waals surface area contributed by atoms with Crippen molar-refractivity contribution in [1.82, 2.24) is 19.2 Å². The van der Waals surface area contributed by atoms with Crippen LogP contribution in [0.25, 0.3) is 0 Å². The highest BCUT2D eigenvalue weighted by atomic mass is 32.1. The molecule has 0 aromatic carbocycles. The maximum atomic E-state index is 5.68. The molecular weight excluding hydrogens is 312 g/mol. The van der Waals surface area contributed by atoms with Crippen molar-refractivity contribution in [2.75, 3.05) is 6.54 Å². The molecular formula is C16H22N4S2. The molecule has 2 aromatic rings. The zero-order valence-electron chi connectivity index (χ0n) is 13.0. The van der Waals surface area contributed by atoms with Crippen LogP contribution in [0.3, 0.4) is 0 Å². The molecule has 4 rings (SSSR count). The highest BCUT2D eigenvalue weighted by Gasteiger charge is 2.25. The Morgan fingerprint density at radius 1 is 1.27 bits per heavy atom. The molecule has 6 heteroatoms. The van der Waals surface area contributed by atoms with Gasteiger partial charge in [-0.2, -0.15) is 5.10 Å². The largest absolute Gasteiger partial charge is 0.304 e. The second-order valence-electron chi connectivity index (χ2n) is 6.34. The third-order valence-electron chi connectivity index (χ3n) is 5.00. The topological polar surface area (TPSA) is 26.0 Å². The normalized spacial score (nSPS) is 22.1. The van der Waals surface area contributed by atoms with E-state index in [-0.39, 0.29) is 0 Å². The lowest BCUT2D eigenvalue weighted by Gasteiger charge is -2.33. The van der Waals surface area contributed by atoms with Gasteiger partial charge in [0.2, 0.25) is 0 Å². The first-order chi connectivity index (χ1) is 10.7. The summed E-state index contributed by atoms with van der Waals surface area (Å²) in [6.45, 7) is 5.25. The average Bonchev–Trinajstić information content (AvgIpc) is 3.02. The average molecular weight is 335 g/mol. The molecule has 0 aliphatic carbocycles. The van der Waals surface area contributed by atoms with Crippen molar-refractivity contribution in [3.05, 3.63) is 32.5 Å². The Labute approximate surface area is 140 Å². The molecule has 0 unspecified atom stereocenters. The van der Waals surface area contributed by atoms with E-state index in [1.807, 2.05) is 16.0 Å². The van der Waals surface area contributed by atoms with E-state index < -0.39 is 0 Å². The van der Waals surface area contributed by atoms with Crippen LogP contribution in [0.5, 0.6) is 0 Å². The summed E-state index contributed by atoms with van der Waals surface area (Å²) in [5, 5.41) is 7.04. The zero-order chi connectivity index (χ0) is 15.1. The van der Waals surface area contributed by atoms with E-state index in [1.54, 1.807) is 4.88 Å². The first-order valence-electron chi connectivity index (χ1n) is 8.21. The van der Waals surface area contributed by atoms with E-state index in [2.05, 4.69) is 27.8 Å². The molecule has 4 nitrogen and oxygen atoms in total. The Morgan fingerprint density at radius 3 is 3.09 bits per heavy atom. The number of rotatable bonds is 2. The summed E-state index contributed by atoms with van der Waals surface area (Å²) >= 11 is 7.57. The monoisotopic (exact) mass is 334 g/mol. The Morgan fingerprint density at radius 2 is 2.18 bits per heavy atom. The Hall–Kier alpha value is -0.980. The minimum absolute atomic E-state index is 0.457. The van der Waals surface area contributed by atoms with E-state index >= 15 is 0 Å². The highest BCUT2D eigenvalue weighted by molar-refractivity contribution is 7.71. The van der Waals surface area contributed by atoms with Gasteiger partial charge in [-0.05, 0) is 55.4 Å². The van der Waals surface area contributed by atoms with Gasteiger partial charge in [-0.15, -0.1) is 11.3 Å². The molecule has 2 aliphatic heterocycles. The number of hydrogen-bond donors (Lipinski definition) is 0. The molecule has 2 aromatic heterocycles. The lowest BCUT2D eigenvalue weighted by Crippen LogP contribution is -2.35. The van der Waals surface area contributed by atoms with E-state index in [4.69, 9.17) is 17.3 Å². The van der Waals surface area contributed by atoms with E-state index in [9.17, 15) is 0 Å². The molecule has 0 saturated heterocycles. The zero-order valence-corrected chi connectivity index (χ0v) is 14.6. The number of hydrogen-bond acceptors (Lipinski definition) is 4. The molecule has 118 valence electrons. The summed E-state index contributed by atoms with van der Waals surface area (Å²) < 4.78 is 5.21. The molecule has 0 amide bonds. The van der Waals surface area contributed by atoms with Crippen LogP contribution in [0.1, 0.15) is 48.5 Å². The van der Waals surface area contributed by atoms with E-state index in [1.165, 1.54) is 30.7 Å². The SMILES string of the molecule is C[C@H]1c2ccsc2CCN1Cn1nc2n(c1=S)CCCCC2. The van der Waals surface area contributed by atoms with Crippen molar-refractivity contribution in [2.24, 2.45) is 0 Å². The van der Waals surface area contributed by atoms with Crippen LogP contribution in [-0.4, -0.2) is 25.8 Å². The first kappa shape index (κ1) is 14.6. The van der Waals surface area contributed by atoms with Crippen molar-refractivity contribution in [1.29, 1.82) is 0 Å². The molecule has 1 atom stereocenters. The Balaban J connectivity index is 1.59.